The molecule has 0 saturated carbocycles. The maximum Gasteiger partial charge on any atom is 0.272 e. The fraction of sp³-hybridized carbons (Fsp3) is 0.364. The first-order chi connectivity index (χ1) is 8.54. The van der Waals surface area contributed by atoms with Crippen molar-refractivity contribution in [1.29, 1.82) is 0 Å². The quantitative estimate of drug-likeness (QED) is 0.372. The number of alkyl halides is 1. The highest BCUT2D eigenvalue weighted by Crippen LogP contribution is 2.21. The molecule has 1 amide bonds. The lowest BCUT2D eigenvalue weighted by molar-refractivity contribution is -0.385. The summed E-state index contributed by atoms with van der Waals surface area (Å²) in [6.07, 6.45) is 0. The van der Waals surface area contributed by atoms with Crippen molar-refractivity contribution < 1.29 is 14.5 Å². The molecule has 18 heavy (non-hydrogen) atoms. The van der Waals surface area contributed by atoms with Gasteiger partial charge in [0.05, 0.1) is 11.5 Å². The van der Waals surface area contributed by atoms with Gasteiger partial charge in [-0.3, -0.25) is 14.9 Å². The number of benzene rings is 1. The zero-order valence-corrected chi connectivity index (χ0v) is 10.6. The number of nitrogens with zero attached hydrogens (tertiary/aromatic N) is 1. The Hall–Kier alpha value is -1.66. The number of halogens is 1. The van der Waals surface area contributed by atoms with Gasteiger partial charge in [-0.15, -0.1) is 11.6 Å². The number of aryl methyl sites for hydroxylation is 1. The van der Waals surface area contributed by atoms with Crippen LogP contribution in [0.25, 0.3) is 0 Å². The number of amides is 1. The highest BCUT2D eigenvalue weighted by atomic mass is 35.5. The number of carbonyl (C=O) groups is 1. The van der Waals surface area contributed by atoms with E-state index >= 15 is 0 Å². The van der Waals surface area contributed by atoms with Crippen LogP contribution >= 0.6 is 11.6 Å². The lowest BCUT2D eigenvalue weighted by Gasteiger charge is -2.06. The highest BCUT2D eigenvalue weighted by Gasteiger charge is 2.11. The summed E-state index contributed by atoms with van der Waals surface area (Å²) in [5, 5.41) is 13.2. The van der Waals surface area contributed by atoms with Crippen molar-refractivity contribution in [2.24, 2.45) is 0 Å². The molecule has 0 atom stereocenters. The summed E-state index contributed by atoms with van der Waals surface area (Å²) < 4.78 is 4.96. The molecule has 1 aromatic rings. The molecule has 7 heteroatoms. The van der Waals surface area contributed by atoms with E-state index in [0.29, 0.717) is 23.7 Å². The summed E-state index contributed by atoms with van der Waals surface area (Å²) in [4.78, 5) is 21.6. The Kier molecular flexibility index (Phi) is 5.54. The molecule has 6 nitrogen and oxygen atoms in total. The van der Waals surface area contributed by atoms with Gasteiger partial charge < -0.3 is 10.1 Å². The second-order valence-electron chi connectivity index (χ2n) is 3.55. The third-order valence-corrected chi connectivity index (χ3v) is 2.29. The van der Waals surface area contributed by atoms with Crippen LogP contribution in [0.2, 0.25) is 0 Å². The van der Waals surface area contributed by atoms with E-state index in [0.717, 1.165) is 0 Å². The summed E-state index contributed by atoms with van der Waals surface area (Å²) in [5.41, 5.74) is 1.00. The zero-order valence-electron chi connectivity index (χ0n) is 9.81. The minimum Gasteiger partial charge on any atom is -0.370 e. The van der Waals surface area contributed by atoms with E-state index in [1.54, 1.807) is 6.92 Å². The standard InChI is InChI=1S/C11H13ClN2O4/c1-8-6-9(2-3-10(8)14(16)17)13-11(15)7-18-5-4-12/h2-3,6H,4-5,7H2,1H3,(H,13,15). The van der Waals surface area contributed by atoms with Gasteiger partial charge in [0.1, 0.15) is 6.61 Å². The fourth-order valence-corrected chi connectivity index (χ4v) is 1.46. The minimum atomic E-state index is -0.468. The van der Waals surface area contributed by atoms with Gasteiger partial charge in [0, 0.05) is 23.2 Å². The molecule has 0 aliphatic heterocycles. The Labute approximate surface area is 109 Å². The normalized spacial score (nSPS) is 10.1. The monoisotopic (exact) mass is 272 g/mol. The summed E-state index contributed by atoms with van der Waals surface area (Å²) in [5.74, 6) is -0.00225. The van der Waals surface area contributed by atoms with Gasteiger partial charge in [-0.2, -0.15) is 0 Å². The second kappa shape index (κ2) is 6.93. The summed E-state index contributed by atoms with van der Waals surface area (Å²) in [6, 6.07) is 4.37. The van der Waals surface area contributed by atoms with E-state index in [2.05, 4.69) is 5.32 Å². The molecular formula is C11H13ClN2O4. The van der Waals surface area contributed by atoms with Crippen molar-refractivity contribution in [3.8, 4) is 0 Å². The molecule has 0 bridgehead atoms. The molecule has 0 unspecified atom stereocenters. The average molecular weight is 273 g/mol. The van der Waals surface area contributed by atoms with Crippen LogP contribution in [0.1, 0.15) is 5.56 Å². The van der Waals surface area contributed by atoms with Crippen LogP contribution in [0, 0.1) is 17.0 Å². The van der Waals surface area contributed by atoms with Gasteiger partial charge in [-0.25, -0.2) is 0 Å². The summed E-state index contributed by atoms with van der Waals surface area (Å²) in [6.45, 7) is 1.81. The van der Waals surface area contributed by atoms with Crippen molar-refractivity contribution in [2.75, 3.05) is 24.4 Å². The first-order valence-electron chi connectivity index (χ1n) is 5.23. The number of ether oxygens (including phenoxy) is 1. The van der Waals surface area contributed by atoms with Crippen molar-refractivity contribution in [3.05, 3.63) is 33.9 Å². The van der Waals surface area contributed by atoms with Crippen molar-refractivity contribution in [3.63, 3.8) is 0 Å². The lowest BCUT2D eigenvalue weighted by Crippen LogP contribution is -2.19. The maximum atomic E-state index is 11.4. The Bertz CT molecular complexity index is 451. The van der Waals surface area contributed by atoms with E-state index in [1.165, 1.54) is 18.2 Å². The van der Waals surface area contributed by atoms with Gasteiger partial charge in [-0.1, -0.05) is 0 Å². The number of nitro benzene ring substituents is 1. The first kappa shape index (κ1) is 14.4. The second-order valence-corrected chi connectivity index (χ2v) is 3.93. The molecule has 0 fully saturated rings. The molecule has 1 N–H and O–H groups in total. The zero-order chi connectivity index (χ0) is 13.5. The van der Waals surface area contributed by atoms with Crippen molar-refractivity contribution in [1.82, 2.24) is 0 Å². The molecule has 0 heterocycles. The van der Waals surface area contributed by atoms with Crippen LogP contribution in [-0.4, -0.2) is 29.9 Å². The molecule has 0 saturated heterocycles. The third-order valence-electron chi connectivity index (χ3n) is 2.13. The number of nitrogens with one attached hydrogen (secondary N) is 1. The van der Waals surface area contributed by atoms with Gasteiger partial charge in [0.25, 0.3) is 5.69 Å². The topological polar surface area (TPSA) is 81.5 Å². The lowest BCUT2D eigenvalue weighted by atomic mass is 10.2. The predicted molar refractivity (Wildman–Crippen MR) is 68.0 cm³/mol. The van der Waals surface area contributed by atoms with Crippen molar-refractivity contribution in [2.45, 2.75) is 6.92 Å². The van der Waals surface area contributed by atoms with E-state index < -0.39 is 4.92 Å². The van der Waals surface area contributed by atoms with E-state index in [4.69, 9.17) is 16.3 Å². The Balaban J connectivity index is 2.60. The predicted octanol–water partition coefficient (Wildman–Crippen LogP) is 2.10. The molecule has 1 rings (SSSR count). The summed E-state index contributed by atoms with van der Waals surface area (Å²) in [7, 11) is 0. The fourth-order valence-electron chi connectivity index (χ4n) is 1.35. The summed E-state index contributed by atoms with van der Waals surface area (Å²) >= 11 is 5.39. The molecule has 0 aliphatic rings. The number of hydrogen-bond donors (Lipinski definition) is 1. The number of rotatable bonds is 6. The largest absolute Gasteiger partial charge is 0.370 e. The van der Waals surface area contributed by atoms with Gasteiger partial charge >= 0.3 is 0 Å². The van der Waals surface area contributed by atoms with Crippen molar-refractivity contribution >= 4 is 28.9 Å². The van der Waals surface area contributed by atoms with Crippen LogP contribution in [0.5, 0.6) is 0 Å². The van der Waals surface area contributed by atoms with E-state index in [9.17, 15) is 14.9 Å². The maximum absolute atomic E-state index is 11.4. The SMILES string of the molecule is Cc1cc(NC(=O)COCCCl)ccc1[N+](=O)[O-]. The number of nitro groups is 1. The molecule has 1 aromatic carbocycles. The molecule has 0 radical (unpaired) electrons. The molecular weight excluding hydrogens is 260 g/mol. The van der Waals surface area contributed by atoms with E-state index in [1.807, 2.05) is 0 Å². The molecule has 0 aliphatic carbocycles. The molecule has 98 valence electrons. The van der Waals surface area contributed by atoms with Crippen LogP contribution in [0.4, 0.5) is 11.4 Å². The molecule has 0 spiro atoms. The van der Waals surface area contributed by atoms with Gasteiger partial charge in [0.15, 0.2) is 0 Å². The Morgan fingerprint density at radius 2 is 2.28 bits per heavy atom. The Morgan fingerprint density at radius 3 is 2.83 bits per heavy atom. The highest BCUT2D eigenvalue weighted by molar-refractivity contribution is 6.18. The molecule has 0 aromatic heterocycles. The van der Waals surface area contributed by atoms with Gasteiger partial charge in [0.2, 0.25) is 5.91 Å². The average Bonchev–Trinajstić information content (AvgIpc) is 2.28. The van der Waals surface area contributed by atoms with Crippen LogP contribution in [0.3, 0.4) is 0 Å². The number of carbonyl (C=O) groups excluding carboxylic acids is 1. The number of hydrogen-bond acceptors (Lipinski definition) is 4. The smallest absolute Gasteiger partial charge is 0.272 e. The third kappa shape index (κ3) is 4.31. The van der Waals surface area contributed by atoms with E-state index in [-0.39, 0.29) is 18.2 Å². The van der Waals surface area contributed by atoms with Crippen LogP contribution in [0.15, 0.2) is 18.2 Å². The van der Waals surface area contributed by atoms with Crippen LogP contribution < -0.4 is 5.32 Å². The Morgan fingerprint density at radius 1 is 1.56 bits per heavy atom. The van der Waals surface area contributed by atoms with Gasteiger partial charge in [-0.05, 0) is 19.1 Å². The number of anilines is 1. The minimum absolute atomic E-state index is 0.0198. The van der Waals surface area contributed by atoms with Crippen LogP contribution in [-0.2, 0) is 9.53 Å². The first-order valence-corrected chi connectivity index (χ1v) is 5.76.